The Morgan fingerprint density at radius 1 is 1.47 bits per heavy atom. The number of hydrogen-bond donors (Lipinski definition) is 2. The molecule has 0 spiro atoms. The van der Waals surface area contributed by atoms with Crippen molar-refractivity contribution in [1.82, 2.24) is 10.0 Å². The standard InChI is InChI=1S/C13H20N2O3S/c1-2-18-12-6-3-7-13(9-12)19(16,17)15-11-5-4-8-14-10-11/h3,6-7,9,11,14-15H,2,4-5,8,10H2,1H3/t11-/m0/s1. The van der Waals surface area contributed by atoms with Crippen molar-refractivity contribution in [2.45, 2.75) is 30.7 Å². The van der Waals surface area contributed by atoms with Crippen LogP contribution in [0.4, 0.5) is 0 Å². The van der Waals surface area contributed by atoms with Crippen molar-refractivity contribution in [3.63, 3.8) is 0 Å². The summed E-state index contributed by atoms with van der Waals surface area (Å²) in [6.45, 7) is 4.03. The quantitative estimate of drug-likeness (QED) is 0.850. The fraction of sp³-hybridized carbons (Fsp3) is 0.538. The first-order valence-electron chi connectivity index (χ1n) is 6.58. The van der Waals surface area contributed by atoms with E-state index in [4.69, 9.17) is 4.74 Å². The highest BCUT2D eigenvalue weighted by Crippen LogP contribution is 2.18. The monoisotopic (exact) mass is 284 g/mol. The maximum Gasteiger partial charge on any atom is 0.240 e. The molecule has 0 amide bonds. The molecule has 1 aromatic carbocycles. The molecule has 0 bridgehead atoms. The summed E-state index contributed by atoms with van der Waals surface area (Å²) in [5.41, 5.74) is 0. The van der Waals surface area contributed by atoms with Crippen LogP contribution in [0.5, 0.6) is 5.75 Å². The highest BCUT2D eigenvalue weighted by Gasteiger charge is 2.21. The van der Waals surface area contributed by atoms with Gasteiger partial charge in [0.2, 0.25) is 10.0 Å². The molecule has 19 heavy (non-hydrogen) atoms. The maximum atomic E-state index is 12.3. The minimum absolute atomic E-state index is 0.0329. The molecule has 5 nitrogen and oxygen atoms in total. The van der Waals surface area contributed by atoms with E-state index in [2.05, 4.69) is 10.0 Å². The summed E-state index contributed by atoms with van der Waals surface area (Å²) in [6.07, 6.45) is 1.86. The van der Waals surface area contributed by atoms with Gasteiger partial charge in [0, 0.05) is 18.7 Å². The lowest BCUT2D eigenvalue weighted by molar-refractivity contribution is 0.339. The largest absolute Gasteiger partial charge is 0.494 e. The number of nitrogens with one attached hydrogen (secondary N) is 2. The van der Waals surface area contributed by atoms with Crippen LogP contribution in [0.2, 0.25) is 0 Å². The molecule has 1 atom stereocenters. The zero-order valence-electron chi connectivity index (χ0n) is 11.1. The number of ether oxygens (including phenoxy) is 1. The second-order valence-electron chi connectivity index (χ2n) is 4.57. The lowest BCUT2D eigenvalue weighted by Crippen LogP contribution is -2.45. The van der Waals surface area contributed by atoms with Gasteiger partial charge in [0.1, 0.15) is 5.75 Å². The van der Waals surface area contributed by atoms with Crippen LogP contribution in [0.25, 0.3) is 0 Å². The molecule has 1 heterocycles. The lowest BCUT2D eigenvalue weighted by Gasteiger charge is -2.23. The third-order valence-electron chi connectivity index (χ3n) is 3.05. The third-order valence-corrected chi connectivity index (χ3v) is 4.56. The van der Waals surface area contributed by atoms with Gasteiger partial charge in [-0.25, -0.2) is 13.1 Å². The molecule has 106 valence electrons. The van der Waals surface area contributed by atoms with E-state index in [1.165, 1.54) is 0 Å². The molecular formula is C13H20N2O3S. The van der Waals surface area contributed by atoms with Crippen LogP contribution in [0.15, 0.2) is 29.2 Å². The van der Waals surface area contributed by atoms with Gasteiger partial charge in [0.05, 0.1) is 11.5 Å². The van der Waals surface area contributed by atoms with Gasteiger partial charge in [0.15, 0.2) is 0 Å². The Balaban J connectivity index is 2.11. The Bertz CT molecular complexity index is 510. The Kier molecular flexibility index (Phi) is 4.79. The van der Waals surface area contributed by atoms with Gasteiger partial charge < -0.3 is 10.1 Å². The molecule has 0 aliphatic carbocycles. The zero-order chi connectivity index (χ0) is 13.7. The SMILES string of the molecule is CCOc1cccc(S(=O)(=O)N[C@H]2CCCNC2)c1. The molecule has 2 N–H and O–H groups in total. The summed E-state index contributed by atoms with van der Waals surface area (Å²) in [6, 6.07) is 6.56. The van der Waals surface area contributed by atoms with Gasteiger partial charge in [-0.3, -0.25) is 0 Å². The van der Waals surface area contributed by atoms with Crippen molar-refractivity contribution in [2.24, 2.45) is 0 Å². The van der Waals surface area contributed by atoms with E-state index in [-0.39, 0.29) is 10.9 Å². The normalized spacial score (nSPS) is 20.2. The lowest BCUT2D eigenvalue weighted by atomic mass is 10.1. The number of benzene rings is 1. The maximum absolute atomic E-state index is 12.3. The fourth-order valence-electron chi connectivity index (χ4n) is 2.14. The van der Waals surface area contributed by atoms with Crippen LogP contribution in [-0.4, -0.2) is 34.2 Å². The van der Waals surface area contributed by atoms with Crippen molar-refractivity contribution >= 4 is 10.0 Å². The number of rotatable bonds is 5. The molecule has 0 unspecified atom stereocenters. The van der Waals surface area contributed by atoms with Gasteiger partial charge in [-0.1, -0.05) is 6.07 Å². The van der Waals surface area contributed by atoms with Crippen molar-refractivity contribution in [2.75, 3.05) is 19.7 Å². The van der Waals surface area contributed by atoms with Crippen LogP contribution in [0, 0.1) is 0 Å². The third kappa shape index (κ3) is 3.92. The first-order chi connectivity index (χ1) is 9.12. The summed E-state index contributed by atoms with van der Waals surface area (Å²) in [7, 11) is -3.47. The van der Waals surface area contributed by atoms with E-state index in [0.29, 0.717) is 18.9 Å². The molecule has 1 aliphatic rings. The molecule has 0 aromatic heterocycles. The Morgan fingerprint density at radius 3 is 3.00 bits per heavy atom. The molecule has 6 heteroatoms. The van der Waals surface area contributed by atoms with E-state index in [1.54, 1.807) is 24.3 Å². The molecule has 0 radical (unpaired) electrons. The molecular weight excluding hydrogens is 264 g/mol. The predicted octanol–water partition coefficient (Wildman–Crippen LogP) is 1.12. The van der Waals surface area contributed by atoms with Gasteiger partial charge in [-0.05, 0) is 38.4 Å². The van der Waals surface area contributed by atoms with E-state index >= 15 is 0 Å². The summed E-state index contributed by atoms with van der Waals surface area (Å²) in [4.78, 5) is 0.254. The van der Waals surface area contributed by atoms with Crippen molar-refractivity contribution in [3.05, 3.63) is 24.3 Å². The van der Waals surface area contributed by atoms with Crippen LogP contribution in [0.3, 0.4) is 0 Å². The fourth-order valence-corrected chi connectivity index (χ4v) is 3.44. The predicted molar refractivity (Wildman–Crippen MR) is 73.8 cm³/mol. The van der Waals surface area contributed by atoms with Crippen molar-refractivity contribution < 1.29 is 13.2 Å². The number of hydrogen-bond acceptors (Lipinski definition) is 4. The van der Waals surface area contributed by atoms with Gasteiger partial charge in [-0.2, -0.15) is 0 Å². The highest BCUT2D eigenvalue weighted by atomic mass is 32.2. The smallest absolute Gasteiger partial charge is 0.240 e. The molecule has 1 fully saturated rings. The summed E-state index contributed by atoms with van der Waals surface area (Å²) >= 11 is 0. The topological polar surface area (TPSA) is 67.4 Å². The average Bonchev–Trinajstić information content (AvgIpc) is 2.40. The van der Waals surface area contributed by atoms with E-state index < -0.39 is 10.0 Å². The Labute approximate surface area is 114 Å². The van der Waals surface area contributed by atoms with E-state index in [0.717, 1.165) is 19.4 Å². The van der Waals surface area contributed by atoms with Gasteiger partial charge >= 0.3 is 0 Å². The molecule has 2 rings (SSSR count). The van der Waals surface area contributed by atoms with Gasteiger partial charge in [0.25, 0.3) is 0 Å². The first-order valence-corrected chi connectivity index (χ1v) is 8.06. The van der Waals surface area contributed by atoms with Gasteiger partial charge in [-0.15, -0.1) is 0 Å². The zero-order valence-corrected chi connectivity index (χ0v) is 11.9. The summed E-state index contributed by atoms with van der Waals surface area (Å²) < 4.78 is 32.6. The second kappa shape index (κ2) is 6.36. The Morgan fingerprint density at radius 2 is 2.32 bits per heavy atom. The number of sulfonamides is 1. The van der Waals surface area contributed by atoms with Crippen LogP contribution in [0.1, 0.15) is 19.8 Å². The molecule has 1 saturated heterocycles. The van der Waals surface area contributed by atoms with Crippen LogP contribution in [-0.2, 0) is 10.0 Å². The van der Waals surface area contributed by atoms with Crippen LogP contribution < -0.4 is 14.8 Å². The average molecular weight is 284 g/mol. The minimum Gasteiger partial charge on any atom is -0.494 e. The first kappa shape index (κ1) is 14.3. The summed E-state index contributed by atoms with van der Waals surface area (Å²) in [5, 5.41) is 3.19. The second-order valence-corrected chi connectivity index (χ2v) is 6.29. The van der Waals surface area contributed by atoms with E-state index in [9.17, 15) is 8.42 Å². The van der Waals surface area contributed by atoms with Crippen molar-refractivity contribution in [1.29, 1.82) is 0 Å². The number of piperidine rings is 1. The van der Waals surface area contributed by atoms with E-state index in [1.807, 2.05) is 6.92 Å². The Hall–Kier alpha value is -1.11. The summed E-state index contributed by atoms with van der Waals surface area (Å²) in [5.74, 6) is 0.576. The highest BCUT2D eigenvalue weighted by molar-refractivity contribution is 7.89. The molecule has 1 aromatic rings. The molecule has 0 saturated carbocycles. The minimum atomic E-state index is -3.47. The van der Waals surface area contributed by atoms with Crippen LogP contribution >= 0.6 is 0 Å². The van der Waals surface area contributed by atoms with Crippen molar-refractivity contribution in [3.8, 4) is 5.75 Å². The molecule has 1 aliphatic heterocycles.